The highest BCUT2D eigenvalue weighted by Gasteiger charge is 2.50. The maximum atomic E-state index is 13.0. The quantitative estimate of drug-likeness (QED) is 0.727. The average molecular weight is 434 g/mol. The SMILES string of the molecule is O=C(O)CC1CN(C(=O)C2(NC(=O)OCC3c4ccccc4-c4ccccc43)CCC2)C1. The molecule has 0 radical (unpaired) electrons. The number of amides is 2. The third kappa shape index (κ3) is 3.51. The molecule has 1 saturated heterocycles. The van der Waals surface area contributed by atoms with E-state index in [0.29, 0.717) is 25.9 Å². The molecule has 0 aromatic heterocycles. The predicted molar refractivity (Wildman–Crippen MR) is 117 cm³/mol. The number of hydrogen-bond acceptors (Lipinski definition) is 4. The lowest BCUT2D eigenvalue weighted by Crippen LogP contribution is -2.67. The minimum Gasteiger partial charge on any atom is -0.481 e. The van der Waals surface area contributed by atoms with Crippen LogP contribution in [-0.2, 0) is 14.3 Å². The van der Waals surface area contributed by atoms with E-state index in [4.69, 9.17) is 9.84 Å². The maximum Gasteiger partial charge on any atom is 0.408 e. The number of nitrogens with one attached hydrogen (secondary N) is 1. The van der Waals surface area contributed by atoms with Crippen molar-refractivity contribution >= 4 is 18.0 Å². The van der Waals surface area contributed by atoms with Crippen LogP contribution < -0.4 is 5.32 Å². The largest absolute Gasteiger partial charge is 0.481 e. The molecule has 1 heterocycles. The second kappa shape index (κ2) is 7.97. The first kappa shape index (κ1) is 20.5. The number of alkyl carbamates (subject to hydrolysis) is 1. The number of rotatable bonds is 6. The van der Waals surface area contributed by atoms with E-state index in [0.717, 1.165) is 28.7 Å². The summed E-state index contributed by atoms with van der Waals surface area (Å²) >= 11 is 0. The molecule has 0 bridgehead atoms. The Kier molecular flexibility index (Phi) is 5.12. The molecule has 166 valence electrons. The van der Waals surface area contributed by atoms with Crippen LogP contribution in [0, 0.1) is 5.92 Å². The summed E-state index contributed by atoms with van der Waals surface area (Å²) in [6.07, 6.45) is 1.51. The normalized spacial score (nSPS) is 18.7. The highest BCUT2D eigenvalue weighted by atomic mass is 16.5. The molecule has 5 rings (SSSR count). The first-order valence-corrected chi connectivity index (χ1v) is 11.1. The highest BCUT2D eigenvalue weighted by molar-refractivity contribution is 5.91. The lowest BCUT2D eigenvalue weighted by molar-refractivity contribution is -0.152. The van der Waals surface area contributed by atoms with Gasteiger partial charge in [-0.3, -0.25) is 9.59 Å². The third-order valence-corrected chi connectivity index (χ3v) is 7.01. The number of carboxylic acids is 1. The Balaban J connectivity index is 1.22. The van der Waals surface area contributed by atoms with Crippen molar-refractivity contribution in [2.24, 2.45) is 5.92 Å². The summed E-state index contributed by atoms with van der Waals surface area (Å²) in [5.74, 6) is -1.02. The van der Waals surface area contributed by atoms with Gasteiger partial charge >= 0.3 is 12.1 Å². The summed E-state index contributed by atoms with van der Waals surface area (Å²) in [7, 11) is 0. The van der Waals surface area contributed by atoms with Gasteiger partial charge in [0, 0.05) is 24.9 Å². The van der Waals surface area contributed by atoms with Gasteiger partial charge in [-0.25, -0.2) is 4.79 Å². The standard InChI is InChI=1S/C25H26N2O5/c28-22(29)12-16-13-27(14-16)23(30)25(10-5-11-25)26-24(31)32-15-21-19-8-3-1-6-17(19)18-7-2-4-9-20(18)21/h1-4,6-9,16,21H,5,10-15H2,(H,26,31)(H,28,29). The maximum absolute atomic E-state index is 13.0. The molecule has 32 heavy (non-hydrogen) atoms. The molecule has 2 aliphatic carbocycles. The van der Waals surface area contributed by atoms with Gasteiger partial charge in [-0.05, 0) is 41.5 Å². The Labute approximate surface area is 186 Å². The zero-order valence-corrected chi connectivity index (χ0v) is 17.8. The van der Waals surface area contributed by atoms with Crippen molar-refractivity contribution in [2.45, 2.75) is 37.1 Å². The molecule has 7 heteroatoms. The highest BCUT2D eigenvalue weighted by Crippen LogP contribution is 2.44. The predicted octanol–water partition coefficient (Wildman–Crippen LogP) is 3.38. The number of nitrogens with zero attached hydrogens (tertiary/aromatic N) is 1. The lowest BCUT2D eigenvalue weighted by Gasteiger charge is -2.48. The van der Waals surface area contributed by atoms with Crippen molar-refractivity contribution < 1.29 is 24.2 Å². The monoisotopic (exact) mass is 434 g/mol. The van der Waals surface area contributed by atoms with Gasteiger partial charge in [-0.1, -0.05) is 48.5 Å². The Morgan fingerprint density at radius 1 is 1.00 bits per heavy atom. The first-order chi connectivity index (χ1) is 15.5. The number of benzene rings is 2. The van der Waals surface area contributed by atoms with Crippen LogP contribution in [0.2, 0.25) is 0 Å². The lowest BCUT2D eigenvalue weighted by atomic mass is 9.74. The number of ether oxygens (including phenoxy) is 1. The van der Waals surface area contributed by atoms with Gasteiger partial charge in [0.15, 0.2) is 0 Å². The molecule has 1 saturated carbocycles. The summed E-state index contributed by atoms with van der Waals surface area (Å²) in [6.45, 7) is 1.06. The van der Waals surface area contributed by atoms with E-state index in [1.807, 2.05) is 24.3 Å². The van der Waals surface area contributed by atoms with Gasteiger partial charge in [-0.2, -0.15) is 0 Å². The number of carbonyl (C=O) groups is 3. The Hall–Kier alpha value is -3.35. The molecule has 0 atom stereocenters. The zero-order chi connectivity index (χ0) is 22.3. The van der Waals surface area contributed by atoms with Crippen LogP contribution in [0.5, 0.6) is 0 Å². The number of aliphatic carboxylic acids is 1. The Morgan fingerprint density at radius 2 is 1.59 bits per heavy atom. The van der Waals surface area contributed by atoms with Gasteiger partial charge in [0.2, 0.25) is 5.91 Å². The van der Waals surface area contributed by atoms with Crippen LogP contribution in [0.25, 0.3) is 11.1 Å². The molecule has 3 aliphatic rings. The average Bonchev–Trinajstić information content (AvgIpc) is 3.05. The molecule has 7 nitrogen and oxygen atoms in total. The molecule has 2 aromatic carbocycles. The smallest absolute Gasteiger partial charge is 0.408 e. The van der Waals surface area contributed by atoms with Crippen LogP contribution in [0.4, 0.5) is 4.79 Å². The van der Waals surface area contributed by atoms with Crippen LogP contribution in [0.3, 0.4) is 0 Å². The minimum atomic E-state index is -0.920. The molecule has 1 aliphatic heterocycles. The van der Waals surface area contributed by atoms with Gasteiger partial charge in [0.1, 0.15) is 12.1 Å². The first-order valence-electron chi connectivity index (χ1n) is 11.1. The second-order valence-electron chi connectivity index (χ2n) is 9.06. The van der Waals surface area contributed by atoms with Crippen molar-refractivity contribution in [3.05, 3.63) is 59.7 Å². The Morgan fingerprint density at radius 3 is 2.12 bits per heavy atom. The fourth-order valence-corrected chi connectivity index (χ4v) is 5.17. The molecule has 2 fully saturated rings. The van der Waals surface area contributed by atoms with Crippen molar-refractivity contribution in [1.29, 1.82) is 0 Å². The third-order valence-electron chi connectivity index (χ3n) is 7.01. The molecule has 0 unspecified atom stereocenters. The zero-order valence-electron chi connectivity index (χ0n) is 17.8. The van der Waals surface area contributed by atoms with Crippen molar-refractivity contribution in [3.63, 3.8) is 0 Å². The number of fused-ring (bicyclic) bond motifs is 3. The summed E-state index contributed by atoms with van der Waals surface area (Å²) in [6, 6.07) is 16.3. The van der Waals surface area contributed by atoms with E-state index in [2.05, 4.69) is 29.6 Å². The molecular formula is C25H26N2O5. The number of carbonyl (C=O) groups excluding carboxylic acids is 2. The van der Waals surface area contributed by atoms with Crippen LogP contribution in [0.15, 0.2) is 48.5 Å². The van der Waals surface area contributed by atoms with Gasteiger partial charge in [0.25, 0.3) is 0 Å². The van der Waals surface area contributed by atoms with Gasteiger partial charge in [0.05, 0.1) is 6.42 Å². The van der Waals surface area contributed by atoms with Crippen molar-refractivity contribution in [1.82, 2.24) is 10.2 Å². The second-order valence-corrected chi connectivity index (χ2v) is 9.06. The number of likely N-dealkylation sites (tertiary alicyclic amines) is 1. The topological polar surface area (TPSA) is 95.9 Å². The summed E-state index contributed by atoms with van der Waals surface area (Å²) in [4.78, 5) is 38.2. The fourth-order valence-electron chi connectivity index (χ4n) is 5.17. The number of hydrogen-bond donors (Lipinski definition) is 2. The van der Waals surface area contributed by atoms with E-state index in [9.17, 15) is 14.4 Å². The van der Waals surface area contributed by atoms with Crippen molar-refractivity contribution in [3.8, 4) is 11.1 Å². The van der Waals surface area contributed by atoms with Gasteiger partial charge in [-0.15, -0.1) is 0 Å². The van der Waals surface area contributed by atoms with Gasteiger partial charge < -0.3 is 20.1 Å². The van der Waals surface area contributed by atoms with E-state index in [1.54, 1.807) is 4.90 Å². The molecule has 2 amide bonds. The molecular weight excluding hydrogens is 408 g/mol. The molecule has 2 aromatic rings. The molecule has 2 N–H and O–H groups in total. The summed E-state index contributed by atoms with van der Waals surface area (Å²) < 4.78 is 5.63. The summed E-state index contributed by atoms with van der Waals surface area (Å²) in [5.41, 5.74) is 3.69. The van der Waals surface area contributed by atoms with Crippen LogP contribution in [0.1, 0.15) is 42.7 Å². The minimum absolute atomic E-state index is 0.0111. The van der Waals surface area contributed by atoms with E-state index >= 15 is 0 Å². The van der Waals surface area contributed by atoms with Crippen LogP contribution in [-0.4, -0.2) is 53.2 Å². The van der Waals surface area contributed by atoms with E-state index in [1.165, 1.54) is 0 Å². The van der Waals surface area contributed by atoms with E-state index in [-0.39, 0.29) is 30.8 Å². The molecule has 0 spiro atoms. The fraction of sp³-hybridized carbons (Fsp3) is 0.400. The summed E-state index contributed by atoms with van der Waals surface area (Å²) in [5, 5.41) is 11.7. The van der Waals surface area contributed by atoms with Crippen molar-refractivity contribution in [2.75, 3.05) is 19.7 Å². The Bertz CT molecular complexity index is 1030. The van der Waals surface area contributed by atoms with Crippen LogP contribution >= 0.6 is 0 Å². The van der Waals surface area contributed by atoms with E-state index < -0.39 is 17.6 Å². The number of carboxylic acid groups (broad SMARTS) is 1.